The maximum absolute atomic E-state index is 13.8. The SMILES string of the molecule is CNS(=O)(=O)c1ccc(F)c(C(=O)OCC(=O)NCc2ccccc2C)c1. The molecule has 0 aliphatic carbocycles. The third-order valence-corrected chi connectivity index (χ3v) is 5.22. The van der Waals surface area contributed by atoms with Crippen molar-refractivity contribution in [2.45, 2.75) is 18.4 Å². The van der Waals surface area contributed by atoms with Crippen LogP contribution in [0, 0.1) is 12.7 Å². The molecule has 0 aliphatic heterocycles. The molecule has 9 heteroatoms. The molecule has 144 valence electrons. The molecular formula is C18H19FN2O5S. The summed E-state index contributed by atoms with van der Waals surface area (Å²) in [4.78, 5) is 23.6. The van der Waals surface area contributed by atoms with E-state index in [0.717, 1.165) is 29.3 Å². The fourth-order valence-electron chi connectivity index (χ4n) is 2.21. The highest BCUT2D eigenvalue weighted by Crippen LogP contribution is 2.16. The Balaban J connectivity index is 1.98. The average Bonchev–Trinajstić information content (AvgIpc) is 2.65. The van der Waals surface area contributed by atoms with E-state index in [1.165, 1.54) is 7.05 Å². The summed E-state index contributed by atoms with van der Waals surface area (Å²) in [6.07, 6.45) is 0. The summed E-state index contributed by atoms with van der Waals surface area (Å²) in [6.45, 7) is 1.54. The van der Waals surface area contributed by atoms with E-state index in [1.807, 2.05) is 31.2 Å². The highest BCUT2D eigenvalue weighted by Gasteiger charge is 2.20. The Morgan fingerprint density at radius 2 is 1.85 bits per heavy atom. The number of hydrogen-bond donors (Lipinski definition) is 2. The van der Waals surface area contributed by atoms with Crippen molar-refractivity contribution in [3.05, 3.63) is 65.0 Å². The average molecular weight is 394 g/mol. The van der Waals surface area contributed by atoms with Gasteiger partial charge in [-0.3, -0.25) is 4.79 Å². The first-order valence-electron chi connectivity index (χ1n) is 7.96. The lowest BCUT2D eigenvalue weighted by atomic mass is 10.1. The second-order valence-corrected chi connectivity index (χ2v) is 7.52. The van der Waals surface area contributed by atoms with Crippen molar-refractivity contribution in [1.29, 1.82) is 0 Å². The van der Waals surface area contributed by atoms with Gasteiger partial charge >= 0.3 is 5.97 Å². The molecule has 0 bridgehead atoms. The van der Waals surface area contributed by atoms with Crippen LogP contribution in [0.5, 0.6) is 0 Å². The van der Waals surface area contributed by atoms with Gasteiger partial charge in [0.2, 0.25) is 10.0 Å². The van der Waals surface area contributed by atoms with E-state index in [4.69, 9.17) is 4.74 Å². The molecule has 2 aromatic rings. The van der Waals surface area contributed by atoms with Crippen molar-refractivity contribution in [2.75, 3.05) is 13.7 Å². The van der Waals surface area contributed by atoms with Crippen LogP contribution in [0.25, 0.3) is 0 Å². The molecule has 0 unspecified atom stereocenters. The molecule has 0 fully saturated rings. The number of sulfonamides is 1. The van der Waals surface area contributed by atoms with Crippen LogP contribution in [0.3, 0.4) is 0 Å². The van der Waals surface area contributed by atoms with Crippen molar-refractivity contribution in [2.24, 2.45) is 0 Å². The Bertz CT molecular complexity index is 960. The van der Waals surface area contributed by atoms with Crippen LogP contribution in [0.1, 0.15) is 21.5 Å². The first-order chi connectivity index (χ1) is 12.7. The van der Waals surface area contributed by atoms with Crippen molar-refractivity contribution in [1.82, 2.24) is 10.0 Å². The Morgan fingerprint density at radius 3 is 2.52 bits per heavy atom. The minimum atomic E-state index is -3.85. The number of ether oxygens (including phenoxy) is 1. The number of nitrogens with one attached hydrogen (secondary N) is 2. The second kappa shape index (κ2) is 8.74. The number of carbonyl (C=O) groups excluding carboxylic acids is 2. The summed E-state index contributed by atoms with van der Waals surface area (Å²) in [5.41, 5.74) is 1.34. The quantitative estimate of drug-likeness (QED) is 0.694. The van der Waals surface area contributed by atoms with Gasteiger partial charge < -0.3 is 10.1 Å². The molecule has 2 rings (SSSR count). The zero-order chi connectivity index (χ0) is 20.0. The monoisotopic (exact) mass is 394 g/mol. The molecule has 2 aromatic carbocycles. The number of benzene rings is 2. The minimum absolute atomic E-state index is 0.257. The highest BCUT2D eigenvalue weighted by molar-refractivity contribution is 7.89. The van der Waals surface area contributed by atoms with E-state index in [0.29, 0.717) is 0 Å². The predicted octanol–water partition coefficient (Wildman–Crippen LogP) is 1.52. The number of aryl methyl sites for hydroxylation is 1. The maximum atomic E-state index is 13.8. The van der Waals surface area contributed by atoms with E-state index < -0.39 is 39.9 Å². The van der Waals surface area contributed by atoms with Crippen molar-refractivity contribution in [3.63, 3.8) is 0 Å². The smallest absolute Gasteiger partial charge is 0.341 e. The predicted molar refractivity (Wildman–Crippen MR) is 96.0 cm³/mol. The maximum Gasteiger partial charge on any atom is 0.341 e. The molecule has 0 heterocycles. The van der Waals surface area contributed by atoms with E-state index in [-0.39, 0.29) is 11.4 Å². The number of halogens is 1. The van der Waals surface area contributed by atoms with E-state index in [9.17, 15) is 22.4 Å². The Hall–Kier alpha value is -2.78. The zero-order valence-corrected chi connectivity index (χ0v) is 15.6. The highest BCUT2D eigenvalue weighted by atomic mass is 32.2. The summed E-state index contributed by atoms with van der Waals surface area (Å²) >= 11 is 0. The number of hydrogen-bond acceptors (Lipinski definition) is 5. The van der Waals surface area contributed by atoms with Gasteiger partial charge in [-0.2, -0.15) is 0 Å². The molecule has 1 amide bonds. The van der Waals surface area contributed by atoms with Crippen LogP contribution in [-0.4, -0.2) is 33.9 Å². The third kappa shape index (κ3) is 5.35. The largest absolute Gasteiger partial charge is 0.452 e. The van der Waals surface area contributed by atoms with Gasteiger partial charge in [0, 0.05) is 6.54 Å². The first kappa shape index (κ1) is 20.5. The van der Waals surface area contributed by atoms with E-state index >= 15 is 0 Å². The van der Waals surface area contributed by atoms with Gasteiger partial charge in [-0.25, -0.2) is 22.3 Å². The standard InChI is InChI=1S/C18H19FN2O5S/c1-12-5-3-4-6-13(12)10-21-17(22)11-26-18(23)15-9-14(7-8-16(15)19)27(24,25)20-2/h3-9,20H,10-11H2,1-2H3,(H,21,22). The van der Waals surface area contributed by atoms with Crippen LogP contribution in [0.4, 0.5) is 4.39 Å². The van der Waals surface area contributed by atoms with Gasteiger partial charge in [0.1, 0.15) is 5.82 Å². The molecule has 7 nitrogen and oxygen atoms in total. The third-order valence-electron chi connectivity index (χ3n) is 3.81. The summed E-state index contributed by atoms with van der Waals surface area (Å²) in [7, 11) is -2.66. The Labute approximate surface area is 156 Å². The van der Waals surface area contributed by atoms with Crippen LogP contribution in [0.15, 0.2) is 47.4 Å². The fourth-order valence-corrected chi connectivity index (χ4v) is 2.96. The number of rotatable bonds is 7. The molecule has 0 atom stereocenters. The number of carbonyl (C=O) groups is 2. The Kier molecular flexibility index (Phi) is 6.65. The lowest BCUT2D eigenvalue weighted by Gasteiger charge is -2.09. The van der Waals surface area contributed by atoms with Crippen LogP contribution in [-0.2, 0) is 26.1 Å². The minimum Gasteiger partial charge on any atom is -0.452 e. The molecule has 2 N–H and O–H groups in total. The summed E-state index contributed by atoms with van der Waals surface area (Å²) in [6, 6.07) is 10.2. The fraction of sp³-hybridized carbons (Fsp3) is 0.222. The van der Waals surface area contributed by atoms with Gasteiger partial charge in [0.05, 0.1) is 10.5 Å². The summed E-state index contributed by atoms with van der Waals surface area (Å²) < 4.78 is 44.2. The lowest BCUT2D eigenvalue weighted by molar-refractivity contribution is -0.124. The first-order valence-corrected chi connectivity index (χ1v) is 9.44. The second-order valence-electron chi connectivity index (χ2n) is 5.63. The van der Waals surface area contributed by atoms with Crippen molar-refractivity contribution < 1.29 is 27.1 Å². The summed E-state index contributed by atoms with van der Waals surface area (Å²) in [5, 5.41) is 2.59. The van der Waals surface area contributed by atoms with Crippen LogP contribution < -0.4 is 10.0 Å². The van der Waals surface area contributed by atoms with Gasteiger partial charge in [0.15, 0.2) is 6.61 Å². The molecule has 0 radical (unpaired) electrons. The molecule has 0 spiro atoms. The van der Waals surface area contributed by atoms with Crippen LogP contribution in [0.2, 0.25) is 0 Å². The zero-order valence-electron chi connectivity index (χ0n) is 14.8. The van der Waals surface area contributed by atoms with Crippen molar-refractivity contribution >= 4 is 21.9 Å². The van der Waals surface area contributed by atoms with Gasteiger partial charge in [0.25, 0.3) is 5.91 Å². The van der Waals surface area contributed by atoms with Crippen molar-refractivity contribution in [3.8, 4) is 0 Å². The van der Waals surface area contributed by atoms with Gasteiger partial charge in [-0.05, 0) is 43.3 Å². The molecule has 0 aliphatic rings. The topological polar surface area (TPSA) is 102 Å². The number of esters is 1. The Morgan fingerprint density at radius 1 is 1.15 bits per heavy atom. The molecule has 27 heavy (non-hydrogen) atoms. The van der Waals surface area contributed by atoms with Gasteiger partial charge in [-0.15, -0.1) is 0 Å². The lowest BCUT2D eigenvalue weighted by Crippen LogP contribution is -2.28. The van der Waals surface area contributed by atoms with E-state index in [1.54, 1.807) is 0 Å². The molecule has 0 aromatic heterocycles. The molecule has 0 saturated heterocycles. The van der Waals surface area contributed by atoms with Crippen LogP contribution >= 0.6 is 0 Å². The molecule has 0 saturated carbocycles. The summed E-state index contributed by atoms with van der Waals surface area (Å²) in [5.74, 6) is -2.65. The van der Waals surface area contributed by atoms with Gasteiger partial charge in [-0.1, -0.05) is 24.3 Å². The normalized spacial score (nSPS) is 11.1. The molecular weight excluding hydrogens is 375 g/mol. The van der Waals surface area contributed by atoms with E-state index in [2.05, 4.69) is 10.0 Å². The number of amides is 1.